The van der Waals surface area contributed by atoms with Crippen molar-refractivity contribution in [3.05, 3.63) is 35.4 Å². The fourth-order valence-corrected chi connectivity index (χ4v) is 3.33. The van der Waals surface area contributed by atoms with Crippen molar-refractivity contribution < 1.29 is 9.53 Å². The summed E-state index contributed by atoms with van der Waals surface area (Å²) in [5.74, 6) is 0.227. The fourth-order valence-electron chi connectivity index (χ4n) is 3.33. The lowest BCUT2D eigenvalue weighted by molar-refractivity contribution is -0.137. The summed E-state index contributed by atoms with van der Waals surface area (Å²) in [6, 6.07) is 9.10. The number of benzene rings is 1. The molecule has 0 aromatic heterocycles. The van der Waals surface area contributed by atoms with E-state index in [4.69, 9.17) is 4.74 Å². The first-order valence-corrected chi connectivity index (χ1v) is 8.67. The summed E-state index contributed by atoms with van der Waals surface area (Å²) in [4.78, 5) is 16.8. The van der Waals surface area contributed by atoms with Crippen LogP contribution in [0.25, 0.3) is 0 Å². The normalized spacial score (nSPS) is 23.0. The number of piperazine rings is 1. The van der Waals surface area contributed by atoms with E-state index in [0.29, 0.717) is 19.8 Å². The predicted octanol–water partition coefficient (Wildman–Crippen LogP) is 1.05. The number of nitrogens with zero attached hydrogens (tertiary/aromatic N) is 2. The summed E-state index contributed by atoms with van der Waals surface area (Å²) >= 11 is 0. The highest BCUT2D eigenvalue weighted by molar-refractivity contribution is 5.78. The maximum Gasteiger partial charge on any atom is 0.236 e. The van der Waals surface area contributed by atoms with Crippen molar-refractivity contribution in [2.24, 2.45) is 0 Å². The van der Waals surface area contributed by atoms with E-state index in [0.717, 1.165) is 39.1 Å². The van der Waals surface area contributed by atoms with Crippen molar-refractivity contribution in [1.82, 2.24) is 15.1 Å². The van der Waals surface area contributed by atoms with Gasteiger partial charge in [0.1, 0.15) is 0 Å². The molecule has 0 saturated carbocycles. The van der Waals surface area contributed by atoms with Gasteiger partial charge < -0.3 is 15.0 Å². The molecule has 0 radical (unpaired) electrons. The first kappa shape index (κ1) is 16.4. The smallest absolute Gasteiger partial charge is 0.236 e. The Morgan fingerprint density at radius 3 is 2.65 bits per heavy atom. The molecule has 2 aliphatic heterocycles. The Labute approximate surface area is 138 Å². The SMILES string of the molecule is CCc1ccc(C2CNCCN2CC(=O)N2CCOCC2)cc1. The third-order valence-corrected chi connectivity index (χ3v) is 4.83. The van der Waals surface area contributed by atoms with Crippen molar-refractivity contribution >= 4 is 5.91 Å². The van der Waals surface area contributed by atoms with E-state index in [1.165, 1.54) is 11.1 Å². The molecular weight excluding hydrogens is 290 g/mol. The number of aryl methyl sites for hydroxylation is 1. The van der Waals surface area contributed by atoms with Gasteiger partial charge in [-0.3, -0.25) is 9.69 Å². The van der Waals surface area contributed by atoms with Crippen LogP contribution in [-0.2, 0) is 16.0 Å². The van der Waals surface area contributed by atoms with E-state index in [1.807, 2.05) is 4.90 Å². The van der Waals surface area contributed by atoms with Crippen LogP contribution < -0.4 is 5.32 Å². The topological polar surface area (TPSA) is 44.8 Å². The maximum atomic E-state index is 12.6. The van der Waals surface area contributed by atoms with Gasteiger partial charge in [-0.05, 0) is 17.5 Å². The molecular formula is C18H27N3O2. The second-order valence-electron chi connectivity index (χ2n) is 6.28. The second-order valence-corrected chi connectivity index (χ2v) is 6.28. The van der Waals surface area contributed by atoms with Gasteiger partial charge in [0, 0.05) is 38.8 Å². The second kappa shape index (κ2) is 7.90. The quantitative estimate of drug-likeness (QED) is 0.902. The van der Waals surface area contributed by atoms with Crippen LogP contribution in [-0.4, -0.2) is 68.2 Å². The zero-order valence-corrected chi connectivity index (χ0v) is 14.0. The highest BCUT2D eigenvalue weighted by Gasteiger charge is 2.27. The summed E-state index contributed by atoms with van der Waals surface area (Å²) in [6.45, 7) is 8.20. The number of carbonyl (C=O) groups is 1. The van der Waals surface area contributed by atoms with E-state index in [1.54, 1.807) is 0 Å². The zero-order chi connectivity index (χ0) is 16.1. The van der Waals surface area contributed by atoms with E-state index in [-0.39, 0.29) is 11.9 Å². The van der Waals surface area contributed by atoms with Crippen LogP contribution in [0.15, 0.2) is 24.3 Å². The molecule has 0 bridgehead atoms. The molecule has 1 aromatic rings. The van der Waals surface area contributed by atoms with E-state index in [2.05, 4.69) is 41.4 Å². The molecule has 1 atom stereocenters. The van der Waals surface area contributed by atoms with Gasteiger partial charge in [0.05, 0.1) is 19.8 Å². The van der Waals surface area contributed by atoms with Gasteiger partial charge in [-0.1, -0.05) is 31.2 Å². The van der Waals surface area contributed by atoms with E-state index in [9.17, 15) is 4.79 Å². The Balaban J connectivity index is 1.66. The fraction of sp³-hybridized carbons (Fsp3) is 0.611. The molecule has 2 saturated heterocycles. The standard InChI is InChI=1S/C18H27N3O2/c1-2-15-3-5-16(6-4-15)17-13-19-7-8-21(17)14-18(22)20-9-11-23-12-10-20/h3-6,17,19H,2,7-14H2,1H3. The van der Waals surface area contributed by atoms with Gasteiger partial charge in [-0.15, -0.1) is 0 Å². The van der Waals surface area contributed by atoms with Crippen molar-refractivity contribution in [3.8, 4) is 0 Å². The molecule has 0 spiro atoms. The molecule has 5 heteroatoms. The lowest BCUT2D eigenvalue weighted by atomic mass is 10.0. The first-order valence-electron chi connectivity index (χ1n) is 8.67. The number of amides is 1. The van der Waals surface area contributed by atoms with Gasteiger partial charge >= 0.3 is 0 Å². The Morgan fingerprint density at radius 1 is 1.22 bits per heavy atom. The highest BCUT2D eigenvalue weighted by Crippen LogP contribution is 2.23. The number of morpholine rings is 1. The number of hydrogen-bond donors (Lipinski definition) is 1. The van der Waals surface area contributed by atoms with Crippen molar-refractivity contribution in [2.75, 3.05) is 52.5 Å². The van der Waals surface area contributed by atoms with Crippen LogP contribution in [0, 0.1) is 0 Å². The van der Waals surface area contributed by atoms with Crippen LogP contribution in [0.4, 0.5) is 0 Å². The summed E-state index contributed by atoms with van der Waals surface area (Å²) in [5, 5.41) is 3.46. The molecule has 2 heterocycles. The molecule has 0 aliphatic carbocycles. The molecule has 5 nitrogen and oxygen atoms in total. The maximum absolute atomic E-state index is 12.6. The zero-order valence-electron chi connectivity index (χ0n) is 14.0. The summed E-state index contributed by atoms with van der Waals surface area (Å²) in [7, 11) is 0. The third-order valence-electron chi connectivity index (χ3n) is 4.83. The first-order chi connectivity index (χ1) is 11.3. The Morgan fingerprint density at radius 2 is 1.96 bits per heavy atom. The highest BCUT2D eigenvalue weighted by atomic mass is 16.5. The Hall–Kier alpha value is -1.43. The van der Waals surface area contributed by atoms with Crippen LogP contribution >= 0.6 is 0 Å². The predicted molar refractivity (Wildman–Crippen MR) is 90.4 cm³/mol. The Kier molecular flexibility index (Phi) is 5.65. The lowest BCUT2D eigenvalue weighted by Crippen LogP contribution is -2.51. The van der Waals surface area contributed by atoms with Crippen LogP contribution in [0.2, 0.25) is 0 Å². The van der Waals surface area contributed by atoms with Crippen molar-refractivity contribution in [3.63, 3.8) is 0 Å². The number of ether oxygens (including phenoxy) is 1. The van der Waals surface area contributed by atoms with Gasteiger partial charge in [-0.2, -0.15) is 0 Å². The molecule has 1 unspecified atom stereocenters. The van der Waals surface area contributed by atoms with E-state index >= 15 is 0 Å². The minimum absolute atomic E-state index is 0.227. The molecule has 126 valence electrons. The molecule has 2 fully saturated rings. The van der Waals surface area contributed by atoms with Crippen LogP contribution in [0.1, 0.15) is 24.1 Å². The lowest BCUT2D eigenvalue weighted by Gasteiger charge is -2.37. The van der Waals surface area contributed by atoms with Gasteiger partial charge in [0.2, 0.25) is 5.91 Å². The van der Waals surface area contributed by atoms with Gasteiger partial charge in [0.15, 0.2) is 0 Å². The minimum atomic E-state index is 0.227. The van der Waals surface area contributed by atoms with Crippen LogP contribution in [0.3, 0.4) is 0 Å². The average molecular weight is 317 g/mol. The summed E-state index contributed by atoms with van der Waals surface area (Å²) in [6.07, 6.45) is 1.06. The van der Waals surface area contributed by atoms with E-state index < -0.39 is 0 Å². The summed E-state index contributed by atoms with van der Waals surface area (Å²) in [5.41, 5.74) is 2.65. The molecule has 3 rings (SSSR count). The molecule has 1 amide bonds. The number of hydrogen-bond acceptors (Lipinski definition) is 4. The molecule has 2 aliphatic rings. The van der Waals surface area contributed by atoms with Crippen molar-refractivity contribution in [2.45, 2.75) is 19.4 Å². The van der Waals surface area contributed by atoms with Crippen molar-refractivity contribution in [1.29, 1.82) is 0 Å². The number of carbonyl (C=O) groups excluding carboxylic acids is 1. The Bertz CT molecular complexity index is 512. The minimum Gasteiger partial charge on any atom is -0.378 e. The number of nitrogens with one attached hydrogen (secondary N) is 1. The molecule has 23 heavy (non-hydrogen) atoms. The van der Waals surface area contributed by atoms with Gasteiger partial charge in [0.25, 0.3) is 0 Å². The molecule has 1 aromatic carbocycles. The molecule has 1 N–H and O–H groups in total. The average Bonchev–Trinajstić information content (AvgIpc) is 2.63. The monoisotopic (exact) mass is 317 g/mol. The largest absolute Gasteiger partial charge is 0.378 e. The summed E-state index contributed by atoms with van der Waals surface area (Å²) < 4.78 is 5.33. The number of rotatable bonds is 4. The third kappa shape index (κ3) is 4.10. The van der Waals surface area contributed by atoms with Gasteiger partial charge in [-0.25, -0.2) is 0 Å². The van der Waals surface area contributed by atoms with Crippen LogP contribution in [0.5, 0.6) is 0 Å².